The van der Waals surface area contributed by atoms with Gasteiger partial charge in [-0.25, -0.2) is 4.98 Å². The molecule has 1 aromatic heterocycles. The Balaban J connectivity index is 1.53. The molecule has 1 aromatic rings. The van der Waals surface area contributed by atoms with E-state index in [9.17, 15) is 9.59 Å². The Morgan fingerprint density at radius 2 is 2.11 bits per heavy atom. The molecular weight excluding hydrogens is 346 g/mol. The molecular formula is C19H31N5O3. The number of aromatic amines is 1. The van der Waals surface area contributed by atoms with E-state index < -0.39 is 0 Å². The standard InChI is InChI=1S/C19H31N5O3/c1-13(27-12-14-5-6-14)18(26)24-8-7-16(11-24)23(4)10-15-9-17(25)21-19(20-15)22(2)3/h9,13-14,16H,5-8,10-12H2,1-4H3,(H,20,21,25)/t13-,16+/m1/s1. The predicted octanol–water partition coefficient (Wildman–Crippen LogP) is 0.684. The molecule has 1 amide bonds. The van der Waals surface area contributed by atoms with Crippen LogP contribution < -0.4 is 10.5 Å². The van der Waals surface area contributed by atoms with Gasteiger partial charge < -0.3 is 14.5 Å². The number of carbonyl (C=O) groups is 1. The van der Waals surface area contributed by atoms with Gasteiger partial charge in [-0.1, -0.05) is 0 Å². The first-order valence-corrected chi connectivity index (χ1v) is 9.71. The normalized spacial score (nSPS) is 20.9. The Morgan fingerprint density at radius 1 is 1.37 bits per heavy atom. The van der Waals surface area contributed by atoms with Crippen LogP contribution in [-0.4, -0.2) is 78.7 Å². The number of hydrogen-bond donors (Lipinski definition) is 1. The summed E-state index contributed by atoms with van der Waals surface area (Å²) in [5, 5.41) is 0. The van der Waals surface area contributed by atoms with Crippen molar-refractivity contribution >= 4 is 11.9 Å². The molecule has 1 saturated carbocycles. The molecule has 0 spiro atoms. The summed E-state index contributed by atoms with van der Waals surface area (Å²) >= 11 is 0. The molecule has 2 heterocycles. The van der Waals surface area contributed by atoms with E-state index in [1.807, 2.05) is 33.0 Å². The number of nitrogens with one attached hydrogen (secondary N) is 1. The van der Waals surface area contributed by atoms with Crippen molar-refractivity contribution in [2.45, 2.75) is 44.9 Å². The molecule has 150 valence electrons. The monoisotopic (exact) mass is 377 g/mol. The van der Waals surface area contributed by atoms with Crippen LogP contribution in [0.5, 0.6) is 0 Å². The zero-order valence-electron chi connectivity index (χ0n) is 16.8. The number of likely N-dealkylation sites (tertiary alicyclic amines) is 1. The smallest absolute Gasteiger partial charge is 0.252 e. The number of anilines is 1. The van der Waals surface area contributed by atoms with E-state index in [-0.39, 0.29) is 23.6 Å². The lowest BCUT2D eigenvalue weighted by atomic mass is 10.2. The van der Waals surface area contributed by atoms with Crippen LogP contribution in [0.2, 0.25) is 0 Å². The van der Waals surface area contributed by atoms with Gasteiger partial charge in [-0.3, -0.25) is 19.5 Å². The maximum absolute atomic E-state index is 12.6. The number of nitrogens with zero attached hydrogens (tertiary/aromatic N) is 4. The zero-order chi connectivity index (χ0) is 19.6. The van der Waals surface area contributed by atoms with E-state index in [1.54, 1.807) is 4.90 Å². The average molecular weight is 377 g/mol. The topological polar surface area (TPSA) is 81.8 Å². The van der Waals surface area contributed by atoms with Crippen molar-refractivity contribution in [3.05, 3.63) is 22.1 Å². The molecule has 3 rings (SSSR count). The number of aromatic nitrogens is 2. The molecule has 0 radical (unpaired) electrons. The van der Waals surface area contributed by atoms with E-state index in [2.05, 4.69) is 14.9 Å². The molecule has 8 heteroatoms. The van der Waals surface area contributed by atoms with E-state index in [0.29, 0.717) is 31.6 Å². The molecule has 8 nitrogen and oxygen atoms in total. The van der Waals surface area contributed by atoms with E-state index in [0.717, 1.165) is 18.7 Å². The van der Waals surface area contributed by atoms with Crippen molar-refractivity contribution in [3.8, 4) is 0 Å². The van der Waals surface area contributed by atoms with Gasteiger partial charge in [-0.05, 0) is 39.2 Å². The molecule has 1 aliphatic heterocycles. The van der Waals surface area contributed by atoms with Gasteiger partial charge in [-0.15, -0.1) is 0 Å². The average Bonchev–Trinajstić information content (AvgIpc) is 3.32. The molecule has 27 heavy (non-hydrogen) atoms. The maximum Gasteiger partial charge on any atom is 0.252 e. The van der Waals surface area contributed by atoms with Crippen LogP contribution in [-0.2, 0) is 16.1 Å². The summed E-state index contributed by atoms with van der Waals surface area (Å²) in [4.78, 5) is 37.5. The molecule has 1 saturated heterocycles. The Hall–Kier alpha value is -1.93. The zero-order valence-corrected chi connectivity index (χ0v) is 16.8. The van der Waals surface area contributed by atoms with Gasteiger partial charge in [-0.2, -0.15) is 0 Å². The lowest BCUT2D eigenvalue weighted by molar-refractivity contribution is -0.142. The minimum atomic E-state index is -0.369. The Kier molecular flexibility index (Phi) is 6.16. The van der Waals surface area contributed by atoms with Crippen LogP contribution >= 0.6 is 0 Å². The second-order valence-electron chi connectivity index (χ2n) is 8.02. The summed E-state index contributed by atoms with van der Waals surface area (Å²) in [6, 6.07) is 1.79. The highest BCUT2D eigenvalue weighted by atomic mass is 16.5. The Bertz CT molecular complexity index is 716. The Labute approximate surface area is 160 Å². The maximum atomic E-state index is 12.6. The van der Waals surface area contributed by atoms with Gasteiger partial charge in [0.2, 0.25) is 5.95 Å². The van der Waals surface area contributed by atoms with Crippen LogP contribution in [0, 0.1) is 5.92 Å². The van der Waals surface area contributed by atoms with Gasteiger partial charge >= 0.3 is 0 Å². The largest absolute Gasteiger partial charge is 0.368 e. The number of H-pyrrole nitrogens is 1. The van der Waals surface area contributed by atoms with Crippen molar-refractivity contribution in [2.75, 3.05) is 45.7 Å². The van der Waals surface area contributed by atoms with E-state index in [4.69, 9.17) is 4.74 Å². The summed E-state index contributed by atoms with van der Waals surface area (Å²) in [6.07, 6.45) is 3.00. The summed E-state index contributed by atoms with van der Waals surface area (Å²) in [5.41, 5.74) is 0.581. The van der Waals surface area contributed by atoms with Crippen molar-refractivity contribution < 1.29 is 9.53 Å². The van der Waals surface area contributed by atoms with Crippen LogP contribution in [0.25, 0.3) is 0 Å². The summed E-state index contributed by atoms with van der Waals surface area (Å²) in [6.45, 7) is 4.56. The SMILES string of the molecule is C[C@@H](OCC1CC1)C(=O)N1CC[C@H](N(C)Cc2cc(=O)[nH]c(N(C)C)n2)C1. The van der Waals surface area contributed by atoms with E-state index >= 15 is 0 Å². The van der Waals surface area contributed by atoms with Crippen LogP contribution in [0.3, 0.4) is 0 Å². The number of likely N-dealkylation sites (N-methyl/N-ethyl adjacent to an activating group) is 1. The molecule has 1 N–H and O–H groups in total. The van der Waals surface area contributed by atoms with Gasteiger partial charge in [0.05, 0.1) is 12.3 Å². The minimum Gasteiger partial charge on any atom is -0.368 e. The fraction of sp³-hybridized carbons (Fsp3) is 0.737. The fourth-order valence-corrected chi connectivity index (χ4v) is 3.37. The summed E-state index contributed by atoms with van der Waals surface area (Å²) in [7, 11) is 5.71. The summed E-state index contributed by atoms with van der Waals surface area (Å²) < 4.78 is 5.72. The molecule has 0 aromatic carbocycles. The minimum absolute atomic E-state index is 0.0794. The van der Waals surface area contributed by atoms with Crippen molar-refractivity contribution in [3.63, 3.8) is 0 Å². The molecule has 2 aliphatic rings. The quantitative estimate of drug-likeness (QED) is 0.718. The molecule has 2 fully saturated rings. The van der Waals surface area contributed by atoms with Gasteiger partial charge in [0, 0.05) is 45.8 Å². The number of rotatable bonds is 8. The van der Waals surface area contributed by atoms with Crippen LogP contribution in [0.15, 0.2) is 10.9 Å². The highest BCUT2D eigenvalue weighted by Crippen LogP contribution is 2.29. The first-order valence-electron chi connectivity index (χ1n) is 9.71. The van der Waals surface area contributed by atoms with Gasteiger partial charge in [0.1, 0.15) is 6.10 Å². The number of amides is 1. The first-order chi connectivity index (χ1) is 12.8. The first kappa shape index (κ1) is 19.8. The molecule has 1 aliphatic carbocycles. The number of ether oxygens (including phenoxy) is 1. The number of carbonyl (C=O) groups excluding carboxylic acids is 1. The second kappa shape index (κ2) is 8.39. The molecule has 0 unspecified atom stereocenters. The summed E-state index contributed by atoms with van der Waals surface area (Å²) in [5.74, 6) is 1.29. The third-order valence-corrected chi connectivity index (χ3v) is 5.34. The third kappa shape index (κ3) is 5.29. The lowest BCUT2D eigenvalue weighted by Crippen LogP contribution is -2.41. The molecule has 0 bridgehead atoms. The van der Waals surface area contributed by atoms with Gasteiger partial charge in [0.25, 0.3) is 11.5 Å². The lowest BCUT2D eigenvalue weighted by Gasteiger charge is -2.25. The van der Waals surface area contributed by atoms with Crippen molar-refractivity contribution in [1.29, 1.82) is 0 Å². The third-order valence-electron chi connectivity index (χ3n) is 5.34. The Morgan fingerprint density at radius 3 is 2.78 bits per heavy atom. The van der Waals surface area contributed by atoms with Crippen LogP contribution in [0.1, 0.15) is 31.9 Å². The predicted molar refractivity (Wildman–Crippen MR) is 104 cm³/mol. The van der Waals surface area contributed by atoms with Crippen LogP contribution in [0.4, 0.5) is 5.95 Å². The van der Waals surface area contributed by atoms with Crippen molar-refractivity contribution in [2.24, 2.45) is 5.92 Å². The highest BCUT2D eigenvalue weighted by Gasteiger charge is 2.32. The highest BCUT2D eigenvalue weighted by molar-refractivity contribution is 5.80. The van der Waals surface area contributed by atoms with Gasteiger partial charge in [0.15, 0.2) is 0 Å². The van der Waals surface area contributed by atoms with E-state index in [1.165, 1.54) is 18.9 Å². The fourth-order valence-electron chi connectivity index (χ4n) is 3.37. The number of hydrogen-bond acceptors (Lipinski definition) is 6. The second-order valence-corrected chi connectivity index (χ2v) is 8.02. The van der Waals surface area contributed by atoms with Crippen molar-refractivity contribution in [1.82, 2.24) is 19.8 Å². The molecule has 2 atom stereocenters.